The van der Waals surface area contributed by atoms with Gasteiger partial charge in [0.2, 0.25) is 0 Å². The predicted octanol–water partition coefficient (Wildman–Crippen LogP) is 4.38. The minimum Gasteiger partial charge on any atom is -0.371 e. The van der Waals surface area contributed by atoms with Gasteiger partial charge in [-0.25, -0.2) is 0 Å². The Morgan fingerprint density at radius 2 is 1.89 bits per heavy atom. The van der Waals surface area contributed by atoms with Crippen LogP contribution in [0.2, 0.25) is 0 Å². The van der Waals surface area contributed by atoms with E-state index in [1.807, 2.05) is 0 Å². The third-order valence-corrected chi connectivity index (χ3v) is 4.75. The molecule has 114 valence electrons. The molecule has 0 aromatic rings. The summed E-state index contributed by atoms with van der Waals surface area (Å²) in [6, 6.07) is 0.556. The summed E-state index contributed by atoms with van der Waals surface area (Å²) in [5.74, 6) is 1.61. The Kier molecular flexibility index (Phi) is 6.82. The van der Waals surface area contributed by atoms with Gasteiger partial charge in [0.15, 0.2) is 0 Å². The molecule has 0 aromatic heterocycles. The maximum atomic E-state index is 6.46. The van der Waals surface area contributed by atoms with Gasteiger partial charge >= 0.3 is 0 Å². The monoisotopic (exact) mass is 269 g/mol. The molecule has 2 nitrogen and oxygen atoms in total. The van der Waals surface area contributed by atoms with E-state index in [1.165, 1.54) is 25.7 Å². The van der Waals surface area contributed by atoms with Crippen molar-refractivity contribution in [2.45, 2.75) is 91.4 Å². The molecule has 1 aliphatic rings. The van der Waals surface area contributed by atoms with Gasteiger partial charge in [0.25, 0.3) is 0 Å². The average Bonchev–Trinajstić information content (AvgIpc) is 2.36. The summed E-state index contributed by atoms with van der Waals surface area (Å²) >= 11 is 0. The summed E-state index contributed by atoms with van der Waals surface area (Å²) < 4.78 is 6.46. The van der Waals surface area contributed by atoms with Crippen molar-refractivity contribution < 1.29 is 4.74 Å². The Balaban J connectivity index is 2.64. The van der Waals surface area contributed by atoms with Gasteiger partial charge in [-0.2, -0.15) is 0 Å². The fourth-order valence-corrected chi connectivity index (χ4v) is 2.95. The van der Waals surface area contributed by atoms with Crippen molar-refractivity contribution in [2.75, 3.05) is 6.54 Å². The molecule has 1 saturated carbocycles. The zero-order valence-corrected chi connectivity index (χ0v) is 14.0. The van der Waals surface area contributed by atoms with Gasteiger partial charge in [-0.1, -0.05) is 27.7 Å². The number of ether oxygens (including phenoxy) is 1. The normalized spacial score (nSPS) is 28.9. The first kappa shape index (κ1) is 17.0. The van der Waals surface area contributed by atoms with Crippen LogP contribution < -0.4 is 5.32 Å². The van der Waals surface area contributed by atoms with E-state index >= 15 is 0 Å². The van der Waals surface area contributed by atoms with Crippen molar-refractivity contribution in [3.63, 3.8) is 0 Å². The first-order chi connectivity index (χ1) is 8.89. The topological polar surface area (TPSA) is 21.3 Å². The first-order valence-electron chi connectivity index (χ1n) is 8.30. The van der Waals surface area contributed by atoms with E-state index in [0.29, 0.717) is 12.1 Å². The molecule has 1 N–H and O–H groups in total. The molecule has 0 radical (unpaired) electrons. The standard InChI is InChI=1S/C17H35NO/c1-7-11-18-15-10-9-14(13(3)4)12-16(15)19-17(5,6)8-2/h13-16,18H,7-12H2,1-6H3. The second-order valence-electron chi connectivity index (χ2n) is 7.15. The van der Waals surface area contributed by atoms with Crippen molar-refractivity contribution >= 4 is 0 Å². The lowest BCUT2D eigenvalue weighted by atomic mass is 9.77. The fraction of sp³-hybridized carbons (Fsp3) is 1.00. The molecule has 1 aliphatic carbocycles. The van der Waals surface area contributed by atoms with E-state index in [9.17, 15) is 0 Å². The summed E-state index contributed by atoms with van der Waals surface area (Å²) in [6.07, 6.45) is 6.52. The highest BCUT2D eigenvalue weighted by Gasteiger charge is 2.35. The molecule has 0 heterocycles. The van der Waals surface area contributed by atoms with Crippen LogP contribution in [0.4, 0.5) is 0 Å². The van der Waals surface area contributed by atoms with Crippen LogP contribution in [-0.4, -0.2) is 24.3 Å². The smallest absolute Gasteiger partial charge is 0.0738 e. The van der Waals surface area contributed by atoms with E-state index in [1.54, 1.807) is 0 Å². The van der Waals surface area contributed by atoms with Gasteiger partial charge in [0.1, 0.15) is 0 Å². The Morgan fingerprint density at radius 3 is 2.42 bits per heavy atom. The lowest BCUT2D eigenvalue weighted by Crippen LogP contribution is -2.49. The number of nitrogens with one attached hydrogen (secondary N) is 1. The molecule has 0 spiro atoms. The Bertz CT molecular complexity index is 250. The number of hydrogen-bond acceptors (Lipinski definition) is 2. The van der Waals surface area contributed by atoms with Crippen molar-refractivity contribution in [2.24, 2.45) is 11.8 Å². The maximum Gasteiger partial charge on any atom is 0.0738 e. The Morgan fingerprint density at radius 1 is 1.21 bits per heavy atom. The van der Waals surface area contributed by atoms with Crippen molar-refractivity contribution in [3.05, 3.63) is 0 Å². The van der Waals surface area contributed by atoms with Gasteiger partial charge in [0, 0.05) is 6.04 Å². The van der Waals surface area contributed by atoms with Gasteiger partial charge in [-0.3, -0.25) is 0 Å². The van der Waals surface area contributed by atoms with Gasteiger partial charge in [0.05, 0.1) is 11.7 Å². The summed E-state index contributed by atoms with van der Waals surface area (Å²) in [6.45, 7) is 14.7. The molecule has 3 unspecified atom stereocenters. The van der Waals surface area contributed by atoms with Crippen LogP contribution >= 0.6 is 0 Å². The largest absolute Gasteiger partial charge is 0.371 e. The minimum absolute atomic E-state index is 0.00960. The zero-order chi connectivity index (χ0) is 14.5. The molecule has 0 bridgehead atoms. The molecule has 1 fully saturated rings. The van der Waals surface area contributed by atoms with Crippen LogP contribution in [-0.2, 0) is 4.74 Å². The second-order valence-corrected chi connectivity index (χ2v) is 7.15. The van der Waals surface area contributed by atoms with E-state index in [4.69, 9.17) is 4.74 Å². The molecule has 2 heteroatoms. The summed E-state index contributed by atoms with van der Waals surface area (Å²) in [5, 5.41) is 3.70. The van der Waals surface area contributed by atoms with Crippen molar-refractivity contribution in [3.8, 4) is 0 Å². The molecule has 0 aliphatic heterocycles. The van der Waals surface area contributed by atoms with Crippen LogP contribution in [0.1, 0.15) is 73.6 Å². The molecule has 0 amide bonds. The minimum atomic E-state index is 0.00960. The van der Waals surface area contributed by atoms with Gasteiger partial charge in [-0.15, -0.1) is 0 Å². The van der Waals surface area contributed by atoms with Crippen molar-refractivity contribution in [1.82, 2.24) is 5.32 Å². The molecular weight excluding hydrogens is 234 g/mol. The maximum absolute atomic E-state index is 6.46. The highest BCUT2D eigenvalue weighted by molar-refractivity contribution is 4.88. The molecular formula is C17H35NO. The molecule has 3 atom stereocenters. The van der Waals surface area contributed by atoms with E-state index < -0.39 is 0 Å². The third kappa shape index (κ3) is 5.43. The lowest BCUT2D eigenvalue weighted by Gasteiger charge is -2.42. The SMILES string of the molecule is CCCNC1CCC(C(C)C)CC1OC(C)(C)CC. The molecule has 0 saturated heterocycles. The highest BCUT2D eigenvalue weighted by atomic mass is 16.5. The number of hydrogen-bond donors (Lipinski definition) is 1. The summed E-state index contributed by atoms with van der Waals surface area (Å²) in [4.78, 5) is 0. The van der Waals surface area contributed by atoms with Crippen molar-refractivity contribution in [1.29, 1.82) is 0 Å². The average molecular weight is 269 g/mol. The second kappa shape index (κ2) is 7.64. The molecule has 0 aromatic carbocycles. The van der Waals surface area contributed by atoms with E-state index in [0.717, 1.165) is 24.8 Å². The lowest BCUT2D eigenvalue weighted by molar-refractivity contribution is -0.109. The summed E-state index contributed by atoms with van der Waals surface area (Å²) in [5.41, 5.74) is 0.00960. The third-order valence-electron chi connectivity index (χ3n) is 4.75. The van der Waals surface area contributed by atoms with Gasteiger partial charge < -0.3 is 10.1 Å². The Hall–Kier alpha value is -0.0800. The quantitative estimate of drug-likeness (QED) is 0.740. The van der Waals surface area contributed by atoms with Crippen LogP contribution in [0.15, 0.2) is 0 Å². The van der Waals surface area contributed by atoms with Crippen LogP contribution in [0, 0.1) is 11.8 Å². The van der Waals surface area contributed by atoms with Crippen LogP contribution in [0.25, 0.3) is 0 Å². The fourth-order valence-electron chi connectivity index (χ4n) is 2.95. The van der Waals surface area contributed by atoms with Gasteiger partial charge in [-0.05, 0) is 64.3 Å². The Labute approximate surface area is 120 Å². The van der Waals surface area contributed by atoms with E-state index in [2.05, 4.69) is 46.9 Å². The highest BCUT2D eigenvalue weighted by Crippen LogP contribution is 2.34. The molecule has 1 rings (SSSR count). The van der Waals surface area contributed by atoms with E-state index in [-0.39, 0.29) is 5.60 Å². The zero-order valence-electron chi connectivity index (χ0n) is 14.0. The predicted molar refractivity (Wildman–Crippen MR) is 83.5 cm³/mol. The van der Waals surface area contributed by atoms with Crippen LogP contribution in [0.3, 0.4) is 0 Å². The molecule has 19 heavy (non-hydrogen) atoms. The van der Waals surface area contributed by atoms with Crippen LogP contribution in [0.5, 0.6) is 0 Å². The summed E-state index contributed by atoms with van der Waals surface area (Å²) in [7, 11) is 0. The first-order valence-corrected chi connectivity index (χ1v) is 8.30. The number of rotatable bonds is 7.